The Balaban J connectivity index is 1.87. The molecule has 0 aliphatic rings. The summed E-state index contributed by atoms with van der Waals surface area (Å²) in [5, 5.41) is 12.9. The molecule has 0 unspecified atom stereocenters. The number of halogens is 3. The number of alkyl halides is 3. The molecule has 0 spiro atoms. The number of hydrogen-bond donors (Lipinski definition) is 4. The Kier molecular flexibility index (Phi) is 6.18. The van der Waals surface area contributed by atoms with E-state index in [1.54, 1.807) is 30.3 Å². The van der Waals surface area contributed by atoms with Crippen molar-refractivity contribution in [3.63, 3.8) is 0 Å². The van der Waals surface area contributed by atoms with Crippen LogP contribution in [0.25, 0.3) is 0 Å². The second-order valence-electron chi connectivity index (χ2n) is 6.40. The molecule has 0 saturated heterocycles. The van der Waals surface area contributed by atoms with Crippen molar-refractivity contribution in [3.05, 3.63) is 78.4 Å². The van der Waals surface area contributed by atoms with Gasteiger partial charge in [0.2, 0.25) is 10.0 Å². The number of carbonyl (C=O) groups is 1. The minimum atomic E-state index is -4.56. The number of anilines is 4. The first-order valence-electron chi connectivity index (χ1n) is 8.76. The third-order valence-corrected chi connectivity index (χ3v) is 4.98. The molecule has 162 valence electrons. The molecule has 3 aromatic rings. The van der Waals surface area contributed by atoms with Crippen LogP contribution in [0.4, 0.5) is 40.7 Å². The van der Waals surface area contributed by atoms with Crippen molar-refractivity contribution in [1.82, 2.24) is 0 Å². The van der Waals surface area contributed by atoms with Crippen molar-refractivity contribution in [2.24, 2.45) is 5.14 Å². The van der Waals surface area contributed by atoms with Gasteiger partial charge in [-0.25, -0.2) is 18.4 Å². The number of amides is 2. The van der Waals surface area contributed by atoms with Crippen molar-refractivity contribution in [2.75, 3.05) is 16.0 Å². The summed E-state index contributed by atoms with van der Waals surface area (Å²) in [6.45, 7) is 0. The van der Waals surface area contributed by atoms with Gasteiger partial charge in [-0.3, -0.25) is 0 Å². The van der Waals surface area contributed by atoms with Crippen LogP contribution in [-0.4, -0.2) is 14.4 Å². The van der Waals surface area contributed by atoms with Gasteiger partial charge in [0.05, 0.1) is 21.8 Å². The zero-order valence-corrected chi connectivity index (χ0v) is 16.6. The molecular weight excluding hydrogens is 433 g/mol. The van der Waals surface area contributed by atoms with E-state index >= 15 is 0 Å². The lowest BCUT2D eigenvalue weighted by Crippen LogP contribution is -2.21. The maximum atomic E-state index is 12.9. The number of para-hydroxylation sites is 1. The smallest absolute Gasteiger partial charge is 0.354 e. The molecule has 3 aromatic carbocycles. The maximum absolute atomic E-state index is 12.9. The molecule has 0 atom stereocenters. The maximum Gasteiger partial charge on any atom is 0.416 e. The zero-order chi connectivity index (χ0) is 22.6. The van der Waals surface area contributed by atoms with Crippen LogP contribution in [0.3, 0.4) is 0 Å². The van der Waals surface area contributed by atoms with Gasteiger partial charge in [0, 0.05) is 11.4 Å². The average molecular weight is 450 g/mol. The third-order valence-electron chi connectivity index (χ3n) is 4.07. The standard InChI is InChI=1S/C20H17F3N4O3S/c21-20(22,23)13-5-4-8-15(11-13)26-19(28)27-18-12-16(31(24,29)30)9-10-17(18)25-14-6-2-1-3-7-14/h1-12,25H,(H2,24,29,30)(H2,26,27,28). The van der Waals surface area contributed by atoms with Gasteiger partial charge in [-0.05, 0) is 48.5 Å². The summed E-state index contributed by atoms with van der Waals surface area (Å²) in [6, 6.07) is 15.9. The van der Waals surface area contributed by atoms with Crippen LogP contribution in [0.5, 0.6) is 0 Å². The van der Waals surface area contributed by atoms with Crippen molar-refractivity contribution in [3.8, 4) is 0 Å². The SMILES string of the molecule is NS(=O)(=O)c1ccc(Nc2ccccc2)c(NC(=O)Nc2cccc(C(F)(F)F)c2)c1. The molecule has 7 nitrogen and oxygen atoms in total. The molecule has 0 heterocycles. The first-order chi connectivity index (χ1) is 14.5. The Hall–Kier alpha value is -3.57. The normalized spacial score (nSPS) is 11.6. The van der Waals surface area contributed by atoms with Gasteiger partial charge in [-0.2, -0.15) is 13.2 Å². The molecule has 31 heavy (non-hydrogen) atoms. The molecule has 0 fully saturated rings. The molecule has 3 rings (SSSR count). The Labute approximate surface area is 176 Å². The largest absolute Gasteiger partial charge is 0.416 e. The third kappa shape index (κ3) is 5.96. The predicted molar refractivity (Wildman–Crippen MR) is 112 cm³/mol. The number of hydrogen-bond acceptors (Lipinski definition) is 4. The summed E-state index contributed by atoms with van der Waals surface area (Å²) in [5.74, 6) is 0. The van der Waals surface area contributed by atoms with Crippen LogP contribution in [0, 0.1) is 0 Å². The van der Waals surface area contributed by atoms with Gasteiger partial charge in [0.25, 0.3) is 0 Å². The van der Waals surface area contributed by atoms with E-state index in [0.717, 1.165) is 24.3 Å². The Bertz CT molecular complexity index is 1200. The Morgan fingerprint density at radius 3 is 2.13 bits per heavy atom. The van der Waals surface area contributed by atoms with Crippen LogP contribution >= 0.6 is 0 Å². The van der Waals surface area contributed by atoms with E-state index in [4.69, 9.17) is 5.14 Å². The second-order valence-corrected chi connectivity index (χ2v) is 7.96. The van der Waals surface area contributed by atoms with Crippen LogP contribution in [0.15, 0.2) is 77.7 Å². The highest BCUT2D eigenvalue weighted by atomic mass is 32.2. The van der Waals surface area contributed by atoms with Gasteiger partial charge >= 0.3 is 12.2 Å². The molecule has 0 saturated carbocycles. The van der Waals surface area contributed by atoms with Gasteiger partial charge < -0.3 is 16.0 Å². The monoisotopic (exact) mass is 450 g/mol. The van der Waals surface area contributed by atoms with E-state index in [1.165, 1.54) is 18.2 Å². The quantitative estimate of drug-likeness (QED) is 0.450. The summed E-state index contributed by atoms with van der Waals surface area (Å²) in [4.78, 5) is 12.1. The number of nitrogens with one attached hydrogen (secondary N) is 3. The summed E-state index contributed by atoms with van der Waals surface area (Å²) in [5.41, 5.74) is 0.0466. The van der Waals surface area contributed by atoms with E-state index in [1.807, 2.05) is 0 Å². The van der Waals surface area contributed by atoms with Gasteiger partial charge in [-0.15, -0.1) is 0 Å². The number of carbonyl (C=O) groups excluding carboxylic acids is 1. The number of rotatable bonds is 5. The van der Waals surface area contributed by atoms with Crippen LogP contribution in [0.1, 0.15) is 5.56 Å². The average Bonchev–Trinajstić information content (AvgIpc) is 2.69. The second kappa shape index (κ2) is 8.66. The molecular formula is C20H17F3N4O3S. The van der Waals surface area contributed by atoms with Gasteiger partial charge in [0.15, 0.2) is 0 Å². The molecule has 0 aliphatic heterocycles. The summed E-state index contributed by atoms with van der Waals surface area (Å²) in [6.07, 6.45) is -4.56. The van der Waals surface area contributed by atoms with Crippen LogP contribution < -0.4 is 21.1 Å². The minimum absolute atomic E-state index is 0.0554. The number of urea groups is 1. The molecule has 11 heteroatoms. The Morgan fingerprint density at radius 1 is 0.806 bits per heavy atom. The van der Waals surface area contributed by atoms with E-state index < -0.39 is 27.8 Å². The molecule has 5 N–H and O–H groups in total. The van der Waals surface area contributed by atoms with Gasteiger partial charge in [-0.1, -0.05) is 24.3 Å². The predicted octanol–water partition coefficient (Wildman–Crippen LogP) is 4.74. The lowest BCUT2D eigenvalue weighted by molar-refractivity contribution is -0.137. The van der Waals surface area contributed by atoms with E-state index in [0.29, 0.717) is 11.4 Å². The van der Waals surface area contributed by atoms with Crippen LogP contribution in [-0.2, 0) is 16.2 Å². The minimum Gasteiger partial charge on any atom is -0.354 e. The van der Waals surface area contributed by atoms with E-state index in [2.05, 4.69) is 16.0 Å². The molecule has 0 bridgehead atoms. The lowest BCUT2D eigenvalue weighted by atomic mass is 10.2. The first-order valence-corrected chi connectivity index (χ1v) is 10.3. The fourth-order valence-corrected chi connectivity index (χ4v) is 3.19. The van der Waals surface area contributed by atoms with Gasteiger partial charge in [0.1, 0.15) is 0 Å². The van der Waals surface area contributed by atoms with Crippen molar-refractivity contribution in [2.45, 2.75) is 11.1 Å². The molecule has 0 aromatic heterocycles. The van der Waals surface area contributed by atoms with Crippen molar-refractivity contribution >= 4 is 38.8 Å². The number of primary sulfonamides is 1. The fourth-order valence-electron chi connectivity index (χ4n) is 2.65. The fraction of sp³-hybridized carbons (Fsp3) is 0.0500. The number of benzene rings is 3. The van der Waals surface area contributed by atoms with Crippen LogP contribution in [0.2, 0.25) is 0 Å². The first kappa shape index (κ1) is 22.1. The molecule has 0 aliphatic carbocycles. The Morgan fingerprint density at radius 2 is 1.48 bits per heavy atom. The van der Waals surface area contributed by atoms with Crippen molar-refractivity contribution < 1.29 is 26.4 Å². The van der Waals surface area contributed by atoms with E-state index in [-0.39, 0.29) is 16.3 Å². The zero-order valence-electron chi connectivity index (χ0n) is 15.8. The highest BCUT2D eigenvalue weighted by Gasteiger charge is 2.30. The van der Waals surface area contributed by atoms with E-state index in [9.17, 15) is 26.4 Å². The summed E-state index contributed by atoms with van der Waals surface area (Å²) in [7, 11) is -4.06. The molecule has 0 radical (unpaired) electrons. The molecule has 2 amide bonds. The summed E-state index contributed by atoms with van der Waals surface area (Å²) >= 11 is 0. The van der Waals surface area contributed by atoms with Crippen molar-refractivity contribution in [1.29, 1.82) is 0 Å². The lowest BCUT2D eigenvalue weighted by Gasteiger charge is -2.15. The summed E-state index contributed by atoms with van der Waals surface area (Å²) < 4.78 is 62.0. The number of sulfonamides is 1. The number of nitrogens with two attached hydrogens (primary N) is 1. The highest BCUT2D eigenvalue weighted by Crippen LogP contribution is 2.31. The highest BCUT2D eigenvalue weighted by molar-refractivity contribution is 7.89. The topological polar surface area (TPSA) is 113 Å².